The number of thioether (sulfide) groups is 1. The highest BCUT2D eigenvalue weighted by atomic mass is 35.5. The largest absolute Gasteiger partial charge is 0.616 e. The number of fused-ring (bicyclic) bond motifs is 1. The van der Waals surface area contributed by atoms with Crippen LogP contribution in [0.4, 0.5) is 11.5 Å². The number of non-ortho nitro benzene ring substituents is 1. The maximum Gasteiger partial charge on any atom is 0.269 e. The number of anilines is 1. The molecule has 0 atom stereocenters. The van der Waals surface area contributed by atoms with Gasteiger partial charge in [0.1, 0.15) is 33.9 Å². The van der Waals surface area contributed by atoms with Crippen LogP contribution in [0.3, 0.4) is 0 Å². The summed E-state index contributed by atoms with van der Waals surface area (Å²) in [7, 11) is 0. The van der Waals surface area contributed by atoms with E-state index in [-0.39, 0.29) is 11.0 Å². The summed E-state index contributed by atoms with van der Waals surface area (Å²) in [4.78, 5) is 29.9. The lowest BCUT2D eigenvalue weighted by atomic mass is 10.2. The molecule has 0 N–H and O–H groups in total. The molecular formula is C17H15ClN6O3S2. The summed E-state index contributed by atoms with van der Waals surface area (Å²) in [6.07, 6.45) is 1.45. The summed E-state index contributed by atoms with van der Waals surface area (Å²) in [6.45, 7) is 1.21. The first-order valence-electron chi connectivity index (χ1n) is 8.65. The molecule has 0 unspecified atom stereocenters. The van der Waals surface area contributed by atoms with Crippen LogP contribution < -0.4 is 4.90 Å². The van der Waals surface area contributed by atoms with E-state index in [1.807, 2.05) is 11.0 Å². The third kappa shape index (κ3) is 4.53. The summed E-state index contributed by atoms with van der Waals surface area (Å²) in [5.74, 6) is 2.23. The normalized spacial score (nSPS) is 15.0. The van der Waals surface area contributed by atoms with E-state index in [1.165, 1.54) is 30.2 Å². The minimum atomic E-state index is -0.811. The minimum Gasteiger partial charge on any atom is -0.616 e. The summed E-state index contributed by atoms with van der Waals surface area (Å²) >= 11 is 6.76. The number of nitro benzene ring substituents is 1. The molecule has 0 aliphatic carbocycles. The molecule has 2 aromatic heterocycles. The van der Waals surface area contributed by atoms with Gasteiger partial charge in [-0.1, -0.05) is 35.1 Å². The number of rotatable bonds is 5. The van der Waals surface area contributed by atoms with Crippen LogP contribution in [-0.4, -0.2) is 54.0 Å². The Labute approximate surface area is 178 Å². The highest BCUT2D eigenvalue weighted by Crippen LogP contribution is 2.32. The number of hydrogen-bond donors (Lipinski definition) is 0. The van der Waals surface area contributed by atoms with Gasteiger partial charge in [0.15, 0.2) is 5.82 Å². The van der Waals surface area contributed by atoms with Gasteiger partial charge in [0.05, 0.1) is 18.0 Å². The van der Waals surface area contributed by atoms with Gasteiger partial charge in [-0.3, -0.25) is 10.1 Å². The van der Waals surface area contributed by atoms with Crippen molar-refractivity contribution >= 4 is 57.1 Å². The summed E-state index contributed by atoms with van der Waals surface area (Å²) in [6, 6.07) is 6.48. The molecule has 0 radical (unpaired) electrons. The van der Waals surface area contributed by atoms with Crippen molar-refractivity contribution in [1.29, 1.82) is 0 Å². The molecule has 3 aromatic rings. The SMILES string of the molecule is O=[N+]([O-])c1cccc(CSc2ncnc3c(N4CC[S+]([O-])CC4)nc(Cl)nc23)c1. The fourth-order valence-corrected chi connectivity index (χ4v) is 5.07. The van der Waals surface area contributed by atoms with E-state index >= 15 is 0 Å². The van der Waals surface area contributed by atoms with Crippen molar-refractivity contribution in [3.8, 4) is 0 Å². The van der Waals surface area contributed by atoms with Crippen LogP contribution in [0.5, 0.6) is 0 Å². The van der Waals surface area contributed by atoms with E-state index in [0.29, 0.717) is 52.2 Å². The lowest BCUT2D eigenvalue weighted by Crippen LogP contribution is -2.41. The second kappa shape index (κ2) is 8.66. The maximum atomic E-state index is 11.7. The summed E-state index contributed by atoms with van der Waals surface area (Å²) < 4.78 is 11.7. The average molecular weight is 451 g/mol. The molecule has 0 amide bonds. The highest BCUT2D eigenvalue weighted by Gasteiger charge is 2.24. The Morgan fingerprint density at radius 2 is 2.00 bits per heavy atom. The van der Waals surface area contributed by atoms with Crippen molar-refractivity contribution in [3.63, 3.8) is 0 Å². The van der Waals surface area contributed by atoms with Crippen molar-refractivity contribution in [2.24, 2.45) is 0 Å². The third-order valence-electron chi connectivity index (χ3n) is 4.38. The molecular weight excluding hydrogens is 436 g/mol. The molecule has 1 aliphatic rings. The fraction of sp³-hybridized carbons (Fsp3) is 0.294. The summed E-state index contributed by atoms with van der Waals surface area (Å²) in [5.41, 5.74) is 1.96. The number of aromatic nitrogens is 4. The van der Waals surface area contributed by atoms with E-state index in [4.69, 9.17) is 11.6 Å². The molecule has 29 heavy (non-hydrogen) atoms. The lowest BCUT2D eigenvalue weighted by molar-refractivity contribution is -0.384. The molecule has 3 heterocycles. The zero-order valence-corrected chi connectivity index (χ0v) is 17.4. The van der Waals surface area contributed by atoms with Gasteiger partial charge in [-0.15, -0.1) is 0 Å². The molecule has 12 heteroatoms. The quantitative estimate of drug-likeness (QED) is 0.144. The minimum absolute atomic E-state index is 0.0470. The number of hydrogen-bond acceptors (Lipinski definition) is 9. The average Bonchev–Trinajstić information content (AvgIpc) is 2.72. The van der Waals surface area contributed by atoms with Gasteiger partial charge in [-0.25, -0.2) is 15.0 Å². The smallest absolute Gasteiger partial charge is 0.269 e. The standard InChI is InChI=1S/C17H15ClN6O3S2/c18-17-21-14-13(15(22-17)23-4-6-29(27)7-5-23)19-10-20-16(14)28-9-11-2-1-3-12(8-11)24(25)26/h1-3,8,10H,4-7,9H2. The van der Waals surface area contributed by atoms with Crippen molar-refractivity contribution in [2.75, 3.05) is 29.5 Å². The Balaban J connectivity index is 1.64. The zero-order chi connectivity index (χ0) is 20.4. The van der Waals surface area contributed by atoms with Crippen LogP contribution >= 0.6 is 23.4 Å². The maximum absolute atomic E-state index is 11.7. The number of nitro groups is 1. The second-order valence-corrected chi connectivity index (χ2v) is 9.24. The number of halogens is 1. The van der Waals surface area contributed by atoms with E-state index < -0.39 is 16.1 Å². The molecule has 0 saturated carbocycles. The molecule has 0 spiro atoms. The first kappa shape index (κ1) is 20.1. The van der Waals surface area contributed by atoms with Gasteiger partial charge >= 0.3 is 0 Å². The van der Waals surface area contributed by atoms with Gasteiger partial charge in [-0.05, 0) is 17.2 Å². The van der Waals surface area contributed by atoms with Gasteiger partial charge in [-0.2, -0.15) is 4.98 Å². The Kier molecular flexibility index (Phi) is 5.99. The Morgan fingerprint density at radius 3 is 2.76 bits per heavy atom. The van der Waals surface area contributed by atoms with E-state index in [2.05, 4.69) is 19.9 Å². The molecule has 1 saturated heterocycles. The first-order valence-corrected chi connectivity index (χ1v) is 11.5. The Bertz CT molecular complexity index is 1060. The predicted octanol–water partition coefficient (Wildman–Crippen LogP) is 2.84. The van der Waals surface area contributed by atoms with Crippen LogP contribution in [0.2, 0.25) is 5.28 Å². The lowest BCUT2D eigenvalue weighted by Gasteiger charge is -2.29. The van der Waals surface area contributed by atoms with Crippen LogP contribution in [0.15, 0.2) is 35.6 Å². The van der Waals surface area contributed by atoms with Crippen LogP contribution in [-0.2, 0) is 16.9 Å². The number of benzene rings is 1. The van der Waals surface area contributed by atoms with Crippen LogP contribution in [0, 0.1) is 10.1 Å². The van der Waals surface area contributed by atoms with Crippen molar-refractivity contribution in [2.45, 2.75) is 10.8 Å². The topological polar surface area (TPSA) is 121 Å². The van der Waals surface area contributed by atoms with E-state index in [1.54, 1.807) is 6.07 Å². The van der Waals surface area contributed by atoms with Gasteiger partial charge in [0, 0.05) is 17.9 Å². The monoisotopic (exact) mass is 450 g/mol. The van der Waals surface area contributed by atoms with Crippen molar-refractivity contribution < 1.29 is 9.48 Å². The van der Waals surface area contributed by atoms with E-state index in [9.17, 15) is 14.7 Å². The van der Waals surface area contributed by atoms with Gasteiger partial charge < -0.3 is 9.45 Å². The molecule has 9 nitrogen and oxygen atoms in total. The van der Waals surface area contributed by atoms with Gasteiger partial charge in [0.2, 0.25) is 5.28 Å². The Morgan fingerprint density at radius 1 is 1.21 bits per heavy atom. The fourth-order valence-electron chi connectivity index (χ4n) is 2.97. The molecule has 1 fully saturated rings. The highest BCUT2D eigenvalue weighted by molar-refractivity contribution is 7.98. The third-order valence-corrected chi connectivity index (χ3v) is 6.87. The van der Waals surface area contributed by atoms with Crippen LogP contribution in [0.1, 0.15) is 5.56 Å². The van der Waals surface area contributed by atoms with E-state index in [0.717, 1.165) is 5.56 Å². The molecule has 0 bridgehead atoms. The van der Waals surface area contributed by atoms with Crippen molar-refractivity contribution in [1.82, 2.24) is 19.9 Å². The molecule has 150 valence electrons. The predicted molar refractivity (Wildman–Crippen MR) is 113 cm³/mol. The molecule has 1 aromatic carbocycles. The van der Waals surface area contributed by atoms with Crippen molar-refractivity contribution in [3.05, 3.63) is 51.6 Å². The van der Waals surface area contributed by atoms with Crippen LogP contribution in [0.25, 0.3) is 11.0 Å². The zero-order valence-electron chi connectivity index (χ0n) is 15.0. The molecule has 1 aliphatic heterocycles. The first-order chi connectivity index (χ1) is 14.0. The Hall–Kier alpha value is -2.21. The second-order valence-electron chi connectivity index (χ2n) is 6.24. The number of nitrogens with zero attached hydrogens (tertiary/aromatic N) is 6. The molecule has 4 rings (SSSR count). The van der Waals surface area contributed by atoms with Gasteiger partial charge in [0.25, 0.3) is 5.69 Å². The summed E-state index contributed by atoms with van der Waals surface area (Å²) in [5, 5.41) is 11.7.